The van der Waals surface area contributed by atoms with Crippen LogP contribution in [0.1, 0.15) is 33.6 Å². The van der Waals surface area contributed by atoms with E-state index in [0.29, 0.717) is 5.56 Å². The van der Waals surface area contributed by atoms with E-state index in [1.807, 2.05) is 0 Å². The minimum atomic E-state index is -2.95. The van der Waals surface area contributed by atoms with Gasteiger partial charge in [0.2, 0.25) is 0 Å². The molecule has 0 atom stereocenters. The zero-order valence-electron chi connectivity index (χ0n) is 8.62. The van der Waals surface area contributed by atoms with Crippen LogP contribution < -0.4 is 0 Å². The summed E-state index contributed by atoms with van der Waals surface area (Å²) in [6, 6.07) is 1.64. The van der Waals surface area contributed by atoms with Crippen molar-refractivity contribution in [1.82, 2.24) is 4.98 Å². The fourth-order valence-electron chi connectivity index (χ4n) is 1.25. The number of carbonyl (C=O) groups is 1. The molecule has 0 aliphatic rings. The van der Waals surface area contributed by atoms with Crippen molar-refractivity contribution in [3.63, 3.8) is 0 Å². The number of hydrogen-bond acceptors (Lipinski definition) is 4. The van der Waals surface area contributed by atoms with Crippen LogP contribution in [0.3, 0.4) is 0 Å². The van der Waals surface area contributed by atoms with Crippen molar-refractivity contribution in [3.05, 3.63) is 28.6 Å². The lowest BCUT2D eigenvalue weighted by Gasteiger charge is -2.09. The first kappa shape index (κ1) is 12.0. The van der Waals surface area contributed by atoms with E-state index in [1.54, 1.807) is 6.07 Å². The Kier molecular flexibility index (Phi) is 3.51. The summed E-state index contributed by atoms with van der Waals surface area (Å²) < 4.78 is 29.8. The lowest BCUT2D eigenvalue weighted by Crippen LogP contribution is -2.11. The van der Waals surface area contributed by atoms with Crippen LogP contribution in [0.25, 0.3) is 0 Å². The lowest BCUT2D eigenvalue weighted by molar-refractivity contribution is 0.0581. The van der Waals surface area contributed by atoms with E-state index in [2.05, 4.69) is 9.72 Å². The smallest absolute Gasteiger partial charge is 0.357 e. The number of rotatable bonds is 2. The van der Waals surface area contributed by atoms with Gasteiger partial charge in [-0.25, -0.2) is 18.6 Å². The molecule has 0 spiro atoms. The molecular weight excluding hydrogens is 218 g/mol. The van der Waals surface area contributed by atoms with E-state index in [0.717, 1.165) is 7.11 Å². The predicted molar refractivity (Wildman–Crippen MR) is 50.0 cm³/mol. The average Bonchev–Trinajstić information content (AvgIpc) is 2.27. The number of ether oxygens (including phenoxy) is 1. The molecule has 0 radical (unpaired) electrons. The molecular formula is C10H8F2N2O2. The molecule has 0 N–H and O–H groups in total. The number of nitriles is 1. The molecule has 1 aromatic heterocycles. The van der Waals surface area contributed by atoms with E-state index < -0.39 is 23.7 Å². The fourth-order valence-corrected chi connectivity index (χ4v) is 1.25. The second-order valence-corrected chi connectivity index (χ2v) is 2.98. The number of aryl methyl sites for hydroxylation is 1. The van der Waals surface area contributed by atoms with Crippen molar-refractivity contribution >= 4 is 5.97 Å². The van der Waals surface area contributed by atoms with Crippen LogP contribution in [-0.4, -0.2) is 18.1 Å². The van der Waals surface area contributed by atoms with Gasteiger partial charge in [-0.15, -0.1) is 0 Å². The summed E-state index contributed by atoms with van der Waals surface area (Å²) in [5, 5.41) is 8.76. The van der Waals surface area contributed by atoms with Gasteiger partial charge in [0, 0.05) is 6.20 Å². The average molecular weight is 226 g/mol. The molecule has 0 bridgehead atoms. The van der Waals surface area contributed by atoms with Crippen LogP contribution in [0.2, 0.25) is 0 Å². The Morgan fingerprint density at radius 2 is 2.25 bits per heavy atom. The molecule has 0 aromatic carbocycles. The van der Waals surface area contributed by atoms with Crippen molar-refractivity contribution in [2.24, 2.45) is 0 Å². The largest absolute Gasteiger partial charge is 0.464 e. The van der Waals surface area contributed by atoms with E-state index in [1.165, 1.54) is 13.1 Å². The molecule has 0 amide bonds. The third-order valence-corrected chi connectivity index (χ3v) is 2.01. The summed E-state index contributed by atoms with van der Waals surface area (Å²) in [6.07, 6.45) is -1.76. The van der Waals surface area contributed by atoms with Crippen molar-refractivity contribution in [2.75, 3.05) is 7.11 Å². The Hall–Kier alpha value is -2.03. The highest BCUT2D eigenvalue weighted by atomic mass is 19.3. The molecule has 0 aliphatic carbocycles. The van der Waals surface area contributed by atoms with Gasteiger partial charge in [-0.05, 0) is 12.5 Å². The minimum Gasteiger partial charge on any atom is -0.464 e. The first-order chi connectivity index (χ1) is 7.52. The van der Waals surface area contributed by atoms with Crippen LogP contribution in [0.5, 0.6) is 0 Å². The van der Waals surface area contributed by atoms with Crippen LogP contribution in [0, 0.1) is 18.3 Å². The number of aromatic nitrogens is 1. The normalized spacial score (nSPS) is 10.0. The van der Waals surface area contributed by atoms with Crippen molar-refractivity contribution in [3.8, 4) is 6.07 Å². The van der Waals surface area contributed by atoms with Crippen LogP contribution in [-0.2, 0) is 4.74 Å². The molecule has 1 heterocycles. The zero-order chi connectivity index (χ0) is 12.3. The van der Waals surface area contributed by atoms with Gasteiger partial charge in [0.05, 0.1) is 18.2 Å². The quantitative estimate of drug-likeness (QED) is 0.723. The summed E-state index contributed by atoms with van der Waals surface area (Å²) >= 11 is 0. The Morgan fingerprint density at radius 1 is 1.62 bits per heavy atom. The fraction of sp³-hybridized carbons (Fsp3) is 0.300. The third kappa shape index (κ3) is 1.98. The summed E-state index contributed by atoms with van der Waals surface area (Å²) in [7, 11) is 1.06. The van der Waals surface area contributed by atoms with E-state index in [4.69, 9.17) is 5.26 Å². The Balaban J connectivity index is 3.53. The van der Waals surface area contributed by atoms with Crippen LogP contribution in [0.4, 0.5) is 8.78 Å². The van der Waals surface area contributed by atoms with E-state index in [-0.39, 0.29) is 5.56 Å². The molecule has 1 rings (SSSR count). The molecule has 0 unspecified atom stereocenters. The minimum absolute atomic E-state index is 0.231. The number of methoxy groups -OCH3 is 1. The zero-order valence-corrected chi connectivity index (χ0v) is 8.62. The number of alkyl halides is 2. The van der Waals surface area contributed by atoms with Crippen LogP contribution >= 0.6 is 0 Å². The molecule has 0 saturated carbocycles. The Morgan fingerprint density at radius 3 is 2.69 bits per heavy atom. The first-order valence-corrected chi connectivity index (χ1v) is 4.29. The maximum Gasteiger partial charge on any atom is 0.357 e. The number of carbonyl (C=O) groups excluding carboxylic acids is 1. The summed E-state index contributed by atoms with van der Waals surface area (Å²) in [5.41, 5.74) is -1.12. The summed E-state index contributed by atoms with van der Waals surface area (Å²) in [5.74, 6) is -0.980. The number of halogens is 2. The molecule has 4 nitrogen and oxygen atoms in total. The number of hydrogen-bond donors (Lipinski definition) is 0. The molecule has 6 heteroatoms. The molecule has 16 heavy (non-hydrogen) atoms. The molecule has 0 aliphatic heterocycles. The Bertz CT molecular complexity index is 467. The number of esters is 1. The first-order valence-electron chi connectivity index (χ1n) is 4.29. The third-order valence-electron chi connectivity index (χ3n) is 2.01. The second-order valence-electron chi connectivity index (χ2n) is 2.98. The van der Waals surface area contributed by atoms with Gasteiger partial charge in [0.25, 0.3) is 6.43 Å². The highest BCUT2D eigenvalue weighted by Gasteiger charge is 2.25. The molecule has 1 aromatic rings. The maximum atomic E-state index is 12.8. The van der Waals surface area contributed by atoms with Gasteiger partial charge < -0.3 is 4.74 Å². The highest BCUT2D eigenvalue weighted by molar-refractivity contribution is 5.89. The topological polar surface area (TPSA) is 63.0 Å². The Labute approximate surface area is 90.5 Å². The molecule has 0 fully saturated rings. The van der Waals surface area contributed by atoms with Crippen molar-refractivity contribution in [1.29, 1.82) is 5.26 Å². The summed E-state index contributed by atoms with van der Waals surface area (Å²) in [4.78, 5) is 14.8. The number of pyridine rings is 1. The summed E-state index contributed by atoms with van der Waals surface area (Å²) in [6.45, 7) is 1.47. The van der Waals surface area contributed by atoms with Crippen molar-refractivity contribution in [2.45, 2.75) is 13.3 Å². The standard InChI is InChI=1S/C10H8F2N2O2/c1-5-4-14-8(10(15)16-2)7(9(11)12)6(5)3-13/h4,9H,1-2H3. The van der Waals surface area contributed by atoms with E-state index in [9.17, 15) is 13.6 Å². The number of nitrogens with zero attached hydrogens (tertiary/aromatic N) is 2. The van der Waals surface area contributed by atoms with Gasteiger partial charge in [0.1, 0.15) is 6.07 Å². The van der Waals surface area contributed by atoms with Gasteiger partial charge in [0.15, 0.2) is 5.69 Å². The SMILES string of the molecule is COC(=O)c1ncc(C)c(C#N)c1C(F)F. The molecule has 0 saturated heterocycles. The van der Waals surface area contributed by atoms with Gasteiger partial charge in [-0.2, -0.15) is 5.26 Å². The lowest BCUT2D eigenvalue weighted by atomic mass is 10.0. The second kappa shape index (κ2) is 4.66. The van der Waals surface area contributed by atoms with E-state index >= 15 is 0 Å². The van der Waals surface area contributed by atoms with Crippen molar-refractivity contribution < 1.29 is 18.3 Å². The van der Waals surface area contributed by atoms with Crippen LogP contribution in [0.15, 0.2) is 6.20 Å². The molecule has 84 valence electrons. The maximum absolute atomic E-state index is 12.8. The van der Waals surface area contributed by atoms with Gasteiger partial charge >= 0.3 is 5.97 Å². The highest BCUT2D eigenvalue weighted by Crippen LogP contribution is 2.27. The van der Waals surface area contributed by atoms with Gasteiger partial charge in [-0.1, -0.05) is 0 Å². The predicted octanol–water partition coefficient (Wildman–Crippen LogP) is 1.99. The monoisotopic (exact) mass is 226 g/mol. The van der Waals surface area contributed by atoms with Gasteiger partial charge in [-0.3, -0.25) is 0 Å².